The summed E-state index contributed by atoms with van der Waals surface area (Å²) in [6.45, 7) is 0. The highest BCUT2D eigenvalue weighted by Gasteiger charge is 2.11. The normalized spacial score (nSPS) is 10.8. The van der Waals surface area contributed by atoms with Crippen molar-refractivity contribution in [1.82, 2.24) is 25.1 Å². The summed E-state index contributed by atoms with van der Waals surface area (Å²) in [6, 6.07) is 1.24. The molecule has 0 fully saturated rings. The van der Waals surface area contributed by atoms with Crippen LogP contribution in [0.3, 0.4) is 0 Å². The van der Waals surface area contributed by atoms with Gasteiger partial charge in [-0.3, -0.25) is 9.59 Å². The largest absolute Gasteiger partial charge is 0.416 e. The van der Waals surface area contributed by atoms with E-state index in [-0.39, 0.29) is 23.0 Å². The number of aromatic amines is 1. The molecule has 3 aromatic heterocycles. The average Bonchev–Trinajstić information content (AvgIpc) is 3.28. The van der Waals surface area contributed by atoms with Crippen LogP contribution in [0, 0.1) is 0 Å². The molecule has 0 saturated heterocycles. The van der Waals surface area contributed by atoms with Crippen LogP contribution in [0.25, 0.3) is 0 Å². The third-order valence-electron chi connectivity index (χ3n) is 2.97. The summed E-state index contributed by atoms with van der Waals surface area (Å²) in [5.41, 5.74) is 5.26. The van der Waals surface area contributed by atoms with Crippen LogP contribution in [0.15, 0.2) is 37.2 Å². The minimum atomic E-state index is -0.275. The number of hydrogen-bond donors (Lipinski definition) is 3. The molecule has 0 aliphatic carbocycles. The number of thioether (sulfide) groups is 2. The maximum absolute atomic E-state index is 11.8. The standard InChI is InChI=1S/C14H15N7O3S3/c15-8-6-9(22)18-13(17-8)25-4-1-2-11-20-21-14(24-11)27-7-10(23)19-12-16-3-5-26-12/h3,5-6H,1-2,4,7H2,(H,16,19,23)(H3,15,17,18,22). The van der Waals surface area contributed by atoms with Crippen molar-refractivity contribution >= 4 is 51.7 Å². The Kier molecular flexibility index (Phi) is 6.84. The summed E-state index contributed by atoms with van der Waals surface area (Å²) in [7, 11) is 0. The number of amides is 1. The number of hydrogen-bond acceptors (Lipinski definition) is 11. The van der Waals surface area contributed by atoms with E-state index < -0.39 is 0 Å². The molecule has 0 aliphatic heterocycles. The number of nitrogens with zero attached hydrogens (tertiary/aromatic N) is 4. The smallest absolute Gasteiger partial charge is 0.277 e. The van der Waals surface area contributed by atoms with Gasteiger partial charge in [-0.15, -0.1) is 21.5 Å². The van der Waals surface area contributed by atoms with Crippen molar-refractivity contribution in [3.63, 3.8) is 0 Å². The molecule has 4 N–H and O–H groups in total. The molecule has 27 heavy (non-hydrogen) atoms. The van der Waals surface area contributed by atoms with E-state index in [1.54, 1.807) is 11.6 Å². The Morgan fingerprint density at radius 1 is 1.37 bits per heavy atom. The first-order valence-corrected chi connectivity index (χ1v) is 10.6. The van der Waals surface area contributed by atoms with Crippen molar-refractivity contribution in [3.8, 4) is 0 Å². The van der Waals surface area contributed by atoms with Gasteiger partial charge in [0.1, 0.15) is 5.82 Å². The van der Waals surface area contributed by atoms with Crippen molar-refractivity contribution in [2.24, 2.45) is 0 Å². The maximum atomic E-state index is 11.8. The van der Waals surface area contributed by atoms with Crippen molar-refractivity contribution in [2.75, 3.05) is 22.6 Å². The van der Waals surface area contributed by atoms with Crippen molar-refractivity contribution < 1.29 is 9.21 Å². The van der Waals surface area contributed by atoms with Crippen LogP contribution >= 0.6 is 34.9 Å². The van der Waals surface area contributed by atoms with Gasteiger partial charge in [0.15, 0.2) is 10.3 Å². The van der Waals surface area contributed by atoms with Crippen LogP contribution < -0.4 is 16.6 Å². The Labute approximate surface area is 165 Å². The molecule has 0 aromatic carbocycles. The van der Waals surface area contributed by atoms with Gasteiger partial charge in [0.05, 0.1) is 5.75 Å². The molecule has 0 aliphatic rings. The van der Waals surface area contributed by atoms with Crippen LogP contribution in [0.4, 0.5) is 10.9 Å². The minimum absolute atomic E-state index is 0.158. The van der Waals surface area contributed by atoms with Gasteiger partial charge in [0.2, 0.25) is 11.8 Å². The maximum Gasteiger partial charge on any atom is 0.277 e. The summed E-state index contributed by atoms with van der Waals surface area (Å²) in [5.74, 6) is 1.36. The Morgan fingerprint density at radius 3 is 3.04 bits per heavy atom. The Bertz CT molecular complexity index is 942. The van der Waals surface area contributed by atoms with Crippen LogP contribution in [0.1, 0.15) is 12.3 Å². The van der Waals surface area contributed by atoms with Crippen LogP contribution in [-0.2, 0) is 11.2 Å². The number of thiazole rings is 1. The second-order valence-electron chi connectivity index (χ2n) is 5.06. The van der Waals surface area contributed by atoms with Gasteiger partial charge < -0.3 is 20.5 Å². The highest BCUT2D eigenvalue weighted by Crippen LogP contribution is 2.19. The molecule has 0 saturated carbocycles. The molecule has 13 heteroatoms. The lowest BCUT2D eigenvalue weighted by molar-refractivity contribution is -0.113. The molecule has 0 atom stereocenters. The second kappa shape index (κ2) is 9.53. The summed E-state index contributed by atoms with van der Waals surface area (Å²) >= 11 is 3.91. The van der Waals surface area contributed by atoms with E-state index in [0.717, 1.165) is 6.42 Å². The lowest BCUT2D eigenvalue weighted by atomic mass is 10.3. The number of carbonyl (C=O) groups excluding carboxylic acids is 1. The van der Waals surface area contributed by atoms with Gasteiger partial charge in [0.25, 0.3) is 10.8 Å². The summed E-state index contributed by atoms with van der Waals surface area (Å²) in [6.07, 6.45) is 2.95. The third kappa shape index (κ3) is 6.37. The predicted molar refractivity (Wildman–Crippen MR) is 104 cm³/mol. The topological polar surface area (TPSA) is 153 Å². The molecule has 0 bridgehead atoms. The molecular formula is C14H15N7O3S3. The zero-order chi connectivity index (χ0) is 19.1. The zero-order valence-electron chi connectivity index (χ0n) is 13.9. The van der Waals surface area contributed by atoms with Gasteiger partial charge in [-0.25, -0.2) is 9.97 Å². The average molecular weight is 426 g/mol. The first kappa shape index (κ1) is 19.4. The van der Waals surface area contributed by atoms with Crippen molar-refractivity contribution in [3.05, 3.63) is 33.9 Å². The molecule has 3 heterocycles. The lowest BCUT2D eigenvalue weighted by Crippen LogP contribution is -2.13. The van der Waals surface area contributed by atoms with Crippen LogP contribution in [0.5, 0.6) is 0 Å². The number of anilines is 2. The monoisotopic (exact) mass is 425 g/mol. The van der Waals surface area contributed by atoms with E-state index >= 15 is 0 Å². The Balaban J connectivity index is 1.37. The van der Waals surface area contributed by atoms with E-state index in [4.69, 9.17) is 10.2 Å². The first-order chi connectivity index (χ1) is 13.1. The van der Waals surface area contributed by atoms with Crippen LogP contribution in [0.2, 0.25) is 0 Å². The number of nitrogens with one attached hydrogen (secondary N) is 2. The predicted octanol–water partition coefficient (Wildman–Crippen LogP) is 1.65. The van der Waals surface area contributed by atoms with E-state index in [1.165, 1.54) is 40.9 Å². The molecule has 3 rings (SSSR count). The van der Waals surface area contributed by atoms with Gasteiger partial charge >= 0.3 is 0 Å². The van der Waals surface area contributed by atoms with Crippen molar-refractivity contribution in [1.29, 1.82) is 0 Å². The summed E-state index contributed by atoms with van der Waals surface area (Å²) in [4.78, 5) is 33.7. The number of H-pyrrole nitrogens is 1. The minimum Gasteiger partial charge on any atom is -0.416 e. The highest BCUT2D eigenvalue weighted by atomic mass is 32.2. The van der Waals surface area contributed by atoms with Gasteiger partial charge in [-0.05, 0) is 6.42 Å². The quantitative estimate of drug-likeness (QED) is 0.262. The molecule has 3 aromatic rings. The highest BCUT2D eigenvalue weighted by molar-refractivity contribution is 7.99. The number of aryl methyl sites for hydroxylation is 1. The Morgan fingerprint density at radius 2 is 2.26 bits per heavy atom. The summed E-state index contributed by atoms with van der Waals surface area (Å²) < 4.78 is 5.50. The number of nitrogen functional groups attached to an aromatic ring is 1. The number of carbonyl (C=O) groups is 1. The first-order valence-electron chi connectivity index (χ1n) is 7.72. The molecular weight excluding hydrogens is 410 g/mol. The van der Waals surface area contributed by atoms with Gasteiger partial charge in [0, 0.05) is 29.8 Å². The fourth-order valence-electron chi connectivity index (χ4n) is 1.88. The molecule has 1 amide bonds. The van der Waals surface area contributed by atoms with Gasteiger partial charge in [-0.2, -0.15) is 0 Å². The van der Waals surface area contributed by atoms with Crippen molar-refractivity contribution in [2.45, 2.75) is 23.2 Å². The molecule has 142 valence electrons. The van der Waals surface area contributed by atoms with E-state index in [2.05, 4.69) is 30.5 Å². The van der Waals surface area contributed by atoms with Crippen LogP contribution in [-0.4, -0.2) is 42.6 Å². The summed E-state index contributed by atoms with van der Waals surface area (Å²) in [5, 5.41) is 13.7. The fourth-order valence-corrected chi connectivity index (χ4v) is 3.83. The second-order valence-corrected chi connectivity index (χ2v) is 7.97. The zero-order valence-corrected chi connectivity index (χ0v) is 16.3. The molecule has 0 spiro atoms. The Hall–Kier alpha value is -2.38. The SMILES string of the molecule is Nc1cc(=O)[nH]c(SCCCc2nnc(SCC(=O)Nc3nccs3)o2)n1. The third-order valence-corrected chi connectivity index (χ3v) is 5.43. The van der Waals surface area contributed by atoms with E-state index in [9.17, 15) is 9.59 Å². The fraction of sp³-hybridized carbons (Fsp3) is 0.286. The van der Waals surface area contributed by atoms with E-state index in [0.29, 0.717) is 33.6 Å². The van der Waals surface area contributed by atoms with Gasteiger partial charge in [-0.1, -0.05) is 23.5 Å². The molecule has 0 unspecified atom stereocenters. The number of aromatic nitrogens is 5. The molecule has 0 radical (unpaired) electrons. The number of nitrogens with two attached hydrogens (primary N) is 1. The number of rotatable bonds is 9. The van der Waals surface area contributed by atoms with E-state index in [1.807, 2.05) is 0 Å². The molecule has 10 nitrogen and oxygen atoms in total. The lowest BCUT2D eigenvalue weighted by Gasteiger charge is -2.00.